The summed E-state index contributed by atoms with van der Waals surface area (Å²) in [5.74, 6) is -0.854. The fourth-order valence-corrected chi connectivity index (χ4v) is 3.82. The number of carbonyl (C=O) groups excluding carboxylic acids is 1. The van der Waals surface area contributed by atoms with Crippen LogP contribution in [0.25, 0.3) is 0 Å². The number of hydrogen-bond acceptors (Lipinski definition) is 6. The number of nitrogens with one attached hydrogen (secondary N) is 1. The molecule has 2 aromatic carbocycles. The zero-order valence-corrected chi connectivity index (χ0v) is 16.8. The molecule has 0 spiro atoms. The summed E-state index contributed by atoms with van der Waals surface area (Å²) in [5.41, 5.74) is 2.09. The lowest BCUT2D eigenvalue weighted by Gasteiger charge is -2.07. The summed E-state index contributed by atoms with van der Waals surface area (Å²) in [6.45, 7) is 3.56. The summed E-state index contributed by atoms with van der Waals surface area (Å²) in [6.07, 6.45) is 0.215. The first-order valence-electron chi connectivity index (χ1n) is 8.90. The summed E-state index contributed by atoms with van der Waals surface area (Å²) in [5, 5.41) is 6.38. The molecule has 0 atom stereocenters. The standard InChI is InChI=1S/C20H20FN3O4S/c1-13-3-6-16(7-4-13)29(26,27)12-18-23-20(28-24-18)10-9-19(25)22-17-8-5-15(21)11-14(17)2/h3-8,11H,9-10,12H2,1-2H3,(H,22,25). The molecule has 9 heteroatoms. The zero-order valence-electron chi connectivity index (χ0n) is 16.0. The molecule has 3 aromatic rings. The zero-order chi connectivity index (χ0) is 21.0. The number of hydrogen-bond donors (Lipinski definition) is 1. The summed E-state index contributed by atoms with van der Waals surface area (Å²) >= 11 is 0. The summed E-state index contributed by atoms with van der Waals surface area (Å²) in [6, 6.07) is 10.6. The second-order valence-electron chi connectivity index (χ2n) is 6.68. The van der Waals surface area contributed by atoms with Crippen LogP contribution in [0.15, 0.2) is 51.9 Å². The van der Waals surface area contributed by atoms with E-state index in [4.69, 9.17) is 4.52 Å². The molecule has 0 radical (unpaired) electrons. The van der Waals surface area contributed by atoms with E-state index >= 15 is 0 Å². The van der Waals surface area contributed by atoms with Gasteiger partial charge in [0.05, 0.1) is 4.90 Å². The van der Waals surface area contributed by atoms with Gasteiger partial charge in [-0.2, -0.15) is 4.98 Å². The third kappa shape index (κ3) is 5.47. The van der Waals surface area contributed by atoms with Gasteiger partial charge in [0.25, 0.3) is 0 Å². The van der Waals surface area contributed by atoms with Gasteiger partial charge < -0.3 is 9.84 Å². The van der Waals surface area contributed by atoms with Crippen LogP contribution in [-0.4, -0.2) is 24.5 Å². The third-order valence-electron chi connectivity index (χ3n) is 4.24. The minimum Gasteiger partial charge on any atom is -0.339 e. The van der Waals surface area contributed by atoms with Crippen LogP contribution in [0, 0.1) is 19.7 Å². The van der Waals surface area contributed by atoms with Crippen molar-refractivity contribution in [3.05, 3.63) is 71.1 Å². The van der Waals surface area contributed by atoms with Gasteiger partial charge in [0.2, 0.25) is 11.8 Å². The number of benzene rings is 2. The van der Waals surface area contributed by atoms with Crippen LogP contribution in [-0.2, 0) is 26.8 Å². The van der Waals surface area contributed by atoms with Gasteiger partial charge in [-0.15, -0.1) is 0 Å². The Hall–Kier alpha value is -3.07. The molecule has 0 bridgehead atoms. The van der Waals surface area contributed by atoms with E-state index in [0.717, 1.165) is 5.56 Å². The van der Waals surface area contributed by atoms with Gasteiger partial charge in [-0.25, -0.2) is 12.8 Å². The van der Waals surface area contributed by atoms with Crippen molar-refractivity contribution in [3.8, 4) is 0 Å². The van der Waals surface area contributed by atoms with Gasteiger partial charge in [-0.1, -0.05) is 22.9 Å². The molecule has 0 aliphatic rings. The molecule has 0 fully saturated rings. The Morgan fingerprint density at radius 1 is 1.14 bits per heavy atom. The average Bonchev–Trinajstić information content (AvgIpc) is 3.09. The maximum Gasteiger partial charge on any atom is 0.227 e. The molecule has 0 aliphatic heterocycles. The number of anilines is 1. The predicted molar refractivity (Wildman–Crippen MR) is 104 cm³/mol. The first-order chi connectivity index (χ1) is 13.7. The first kappa shape index (κ1) is 20.7. The Balaban J connectivity index is 1.57. The smallest absolute Gasteiger partial charge is 0.227 e. The minimum atomic E-state index is -3.59. The number of carbonyl (C=O) groups is 1. The number of aromatic nitrogens is 2. The number of aryl methyl sites for hydroxylation is 3. The molecule has 0 unspecified atom stereocenters. The predicted octanol–water partition coefficient (Wildman–Crippen LogP) is 3.37. The van der Waals surface area contributed by atoms with Crippen LogP contribution in [0.3, 0.4) is 0 Å². The molecule has 29 heavy (non-hydrogen) atoms. The van der Waals surface area contributed by atoms with Crippen molar-refractivity contribution >= 4 is 21.4 Å². The second-order valence-corrected chi connectivity index (χ2v) is 8.67. The average molecular weight is 417 g/mol. The lowest BCUT2D eigenvalue weighted by molar-refractivity contribution is -0.116. The van der Waals surface area contributed by atoms with Gasteiger partial charge in [-0.3, -0.25) is 4.79 Å². The SMILES string of the molecule is Cc1ccc(S(=O)(=O)Cc2noc(CCC(=O)Nc3ccc(F)cc3C)n2)cc1. The number of amides is 1. The summed E-state index contributed by atoms with van der Waals surface area (Å²) in [4.78, 5) is 16.3. The Morgan fingerprint density at radius 3 is 2.55 bits per heavy atom. The third-order valence-corrected chi connectivity index (χ3v) is 5.87. The Labute approximate surface area is 167 Å². The molecular weight excluding hydrogens is 397 g/mol. The molecule has 7 nitrogen and oxygen atoms in total. The maximum atomic E-state index is 13.1. The molecule has 3 rings (SSSR count). The van der Waals surface area contributed by atoms with E-state index < -0.39 is 9.84 Å². The summed E-state index contributed by atoms with van der Waals surface area (Å²) in [7, 11) is -3.59. The number of nitrogens with zero attached hydrogens (tertiary/aromatic N) is 2. The normalized spacial score (nSPS) is 11.4. The van der Waals surface area contributed by atoms with Crippen molar-refractivity contribution in [2.24, 2.45) is 0 Å². The molecule has 1 amide bonds. The van der Waals surface area contributed by atoms with Gasteiger partial charge in [0, 0.05) is 18.5 Å². The highest BCUT2D eigenvalue weighted by Gasteiger charge is 2.19. The minimum absolute atomic E-state index is 0.0374. The number of rotatable bonds is 7. The van der Waals surface area contributed by atoms with Crippen LogP contribution in [0.4, 0.5) is 10.1 Å². The Morgan fingerprint density at radius 2 is 1.86 bits per heavy atom. The lowest BCUT2D eigenvalue weighted by atomic mass is 10.2. The molecule has 0 aliphatic carbocycles. The van der Waals surface area contributed by atoms with Crippen molar-refractivity contribution in [3.63, 3.8) is 0 Å². The highest BCUT2D eigenvalue weighted by atomic mass is 32.2. The van der Waals surface area contributed by atoms with Crippen LogP contribution in [0.2, 0.25) is 0 Å². The van der Waals surface area contributed by atoms with E-state index in [1.807, 2.05) is 6.92 Å². The van der Waals surface area contributed by atoms with Crippen LogP contribution in [0.5, 0.6) is 0 Å². The maximum absolute atomic E-state index is 13.1. The van der Waals surface area contributed by atoms with E-state index in [9.17, 15) is 17.6 Å². The molecule has 0 saturated carbocycles. The van der Waals surface area contributed by atoms with E-state index in [-0.39, 0.29) is 46.9 Å². The lowest BCUT2D eigenvalue weighted by Crippen LogP contribution is -2.13. The molecule has 1 N–H and O–H groups in total. The fourth-order valence-electron chi connectivity index (χ4n) is 2.65. The molecule has 1 aromatic heterocycles. The van der Waals surface area contributed by atoms with Crippen molar-refractivity contribution in [1.82, 2.24) is 10.1 Å². The highest BCUT2D eigenvalue weighted by Crippen LogP contribution is 2.17. The molecule has 1 heterocycles. The van der Waals surface area contributed by atoms with Gasteiger partial charge in [0.1, 0.15) is 11.6 Å². The summed E-state index contributed by atoms with van der Waals surface area (Å²) < 4.78 is 43.0. The Bertz CT molecular complexity index is 1120. The van der Waals surface area contributed by atoms with Crippen LogP contribution < -0.4 is 5.32 Å². The fraction of sp³-hybridized carbons (Fsp3) is 0.250. The number of sulfone groups is 1. The van der Waals surface area contributed by atoms with Gasteiger partial charge in [0.15, 0.2) is 15.7 Å². The van der Waals surface area contributed by atoms with Crippen molar-refractivity contribution < 1.29 is 22.1 Å². The molecule has 0 saturated heterocycles. The molecular formula is C20H20FN3O4S. The monoisotopic (exact) mass is 417 g/mol. The Kier molecular flexibility index (Phi) is 6.07. The van der Waals surface area contributed by atoms with Crippen molar-refractivity contribution in [2.45, 2.75) is 37.3 Å². The van der Waals surface area contributed by atoms with Crippen molar-refractivity contribution in [1.29, 1.82) is 0 Å². The van der Waals surface area contributed by atoms with Crippen LogP contribution in [0.1, 0.15) is 29.3 Å². The van der Waals surface area contributed by atoms with Gasteiger partial charge in [-0.05, 0) is 49.7 Å². The van der Waals surface area contributed by atoms with Crippen molar-refractivity contribution in [2.75, 3.05) is 5.32 Å². The van der Waals surface area contributed by atoms with Gasteiger partial charge >= 0.3 is 0 Å². The van der Waals surface area contributed by atoms with E-state index in [1.165, 1.54) is 30.3 Å². The highest BCUT2D eigenvalue weighted by molar-refractivity contribution is 7.90. The second kappa shape index (κ2) is 8.52. The number of halogens is 1. The van der Waals surface area contributed by atoms with E-state index in [2.05, 4.69) is 15.5 Å². The quantitative estimate of drug-likeness (QED) is 0.632. The first-order valence-corrected chi connectivity index (χ1v) is 10.5. The molecule has 152 valence electrons. The van der Waals surface area contributed by atoms with E-state index in [1.54, 1.807) is 19.1 Å². The van der Waals surface area contributed by atoms with E-state index in [0.29, 0.717) is 11.3 Å². The topological polar surface area (TPSA) is 102 Å². The largest absolute Gasteiger partial charge is 0.339 e. The van der Waals surface area contributed by atoms with Crippen LogP contribution >= 0.6 is 0 Å².